The number of aromatic nitrogens is 1. The number of carbonyl (C=O) groups excluding carboxylic acids is 2. The molecular formula is C28H26ClN3O5. The van der Waals surface area contributed by atoms with Crippen LogP contribution >= 0.6 is 11.6 Å². The molecule has 0 spiro atoms. The van der Waals surface area contributed by atoms with Crippen LogP contribution < -0.4 is 15.4 Å². The highest BCUT2D eigenvalue weighted by molar-refractivity contribution is 6.31. The molecule has 0 bridgehead atoms. The number of nitrogens with one attached hydrogen (secondary N) is 2. The minimum atomic E-state index is -0.644. The lowest BCUT2D eigenvalue weighted by atomic mass is 10.0. The maximum absolute atomic E-state index is 12.9. The first-order chi connectivity index (χ1) is 17.8. The summed E-state index contributed by atoms with van der Waals surface area (Å²) >= 11 is 6.54. The SMILES string of the molecule is CCOC(=O)c1c(NC(=O)Nc2cccc(C)c2)cc(Cl)n1-c1ccc(-c2cccc(OC)c2O)cc1. The van der Waals surface area contributed by atoms with Gasteiger partial charge in [0.25, 0.3) is 0 Å². The van der Waals surface area contributed by atoms with E-state index < -0.39 is 12.0 Å². The van der Waals surface area contributed by atoms with Crippen molar-refractivity contribution < 1.29 is 24.2 Å². The number of anilines is 2. The van der Waals surface area contributed by atoms with Crippen LogP contribution in [0.5, 0.6) is 11.5 Å². The van der Waals surface area contributed by atoms with Crippen LogP contribution in [0.3, 0.4) is 0 Å². The van der Waals surface area contributed by atoms with Gasteiger partial charge >= 0.3 is 12.0 Å². The van der Waals surface area contributed by atoms with Crippen molar-refractivity contribution in [1.29, 1.82) is 0 Å². The lowest BCUT2D eigenvalue weighted by molar-refractivity contribution is 0.0518. The van der Waals surface area contributed by atoms with Gasteiger partial charge in [-0.2, -0.15) is 0 Å². The van der Waals surface area contributed by atoms with Gasteiger partial charge in [0, 0.05) is 23.0 Å². The van der Waals surface area contributed by atoms with E-state index in [1.54, 1.807) is 55.5 Å². The Morgan fingerprint density at radius 1 is 1.00 bits per heavy atom. The topological polar surface area (TPSA) is 102 Å². The zero-order chi connectivity index (χ0) is 26.5. The van der Waals surface area contributed by atoms with Crippen molar-refractivity contribution in [3.05, 3.63) is 89.2 Å². The monoisotopic (exact) mass is 519 g/mol. The van der Waals surface area contributed by atoms with Crippen LogP contribution in [-0.2, 0) is 4.74 Å². The predicted octanol–water partition coefficient (Wildman–Crippen LogP) is 6.64. The van der Waals surface area contributed by atoms with Gasteiger partial charge in [-0.1, -0.05) is 48.0 Å². The number of aromatic hydroxyl groups is 1. The highest BCUT2D eigenvalue weighted by Crippen LogP contribution is 2.37. The zero-order valence-electron chi connectivity index (χ0n) is 20.5. The Labute approximate surface area is 219 Å². The van der Waals surface area contributed by atoms with Crippen molar-refractivity contribution in [3.8, 4) is 28.3 Å². The lowest BCUT2D eigenvalue weighted by Crippen LogP contribution is -2.22. The number of aryl methyl sites for hydroxylation is 1. The molecule has 8 nitrogen and oxygen atoms in total. The van der Waals surface area contributed by atoms with Crippen LogP contribution in [-0.4, -0.2) is 35.4 Å². The van der Waals surface area contributed by atoms with Crippen LogP contribution in [0.4, 0.5) is 16.2 Å². The van der Waals surface area contributed by atoms with Crippen molar-refractivity contribution in [3.63, 3.8) is 0 Å². The molecule has 0 radical (unpaired) electrons. The Kier molecular flexibility index (Phi) is 7.69. The molecule has 0 saturated carbocycles. The van der Waals surface area contributed by atoms with Crippen molar-refractivity contribution in [2.45, 2.75) is 13.8 Å². The molecule has 2 amide bonds. The summed E-state index contributed by atoms with van der Waals surface area (Å²) in [7, 11) is 1.49. The first-order valence-corrected chi connectivity index (χ1v) is 11.9. The summed E-state index contributed by atoms with van der Waals surface area (Å²) in [6.45, 7) is 3.76. The number of para-hydroxylation sites is 1. The maximum atomic E-state index is 12.9. The van der Waals surface area contributed by atoms with Gasteiger partial charge in [0.1, 0.15) is 5.15 Å². The second-order valence-electron chi connectivity index (χ2n) is 8.14. The number of halogens is 1. The number of benzene rings is 3. The number of amides is 2. The molecule has 190 valence electrons. The van der Waals surface area contributed by atoms with Crippen LogP contribution in [0.25, 0.3) is 16.8 Å². The molecule has 4 rings (SSSR count). The average molecular weight is 520 g/mol. The van der Waals surface area contributed by atoms with Gasteiger partial charge in [0.2, 0.25) is 0 Å². The fourth-order valence-corrected chi connectivity index (χ4v) is 4.24. The molecule has 0 unspecified atom stereocenters. The summed E-state index contributed by atoms with van der Waals surface area (Å²) in [5.41, 5.74) is 3.75. The number of hydrogen-bond donors (Lipinski definition) is 3. The molecule has 9 heteroatoms. The fourth-order valence-electron chi connectivity index (χ4n) is 3.95. The van der Waals surface area contributed by atoms with E-state index in [0.717, 1.165) is 11.1 Å². The molecule has 0 atom stereocenters. The number of ether oxygens (including phenoxy) is 2. The third kappa shape index (κ3) is 5.54. The number of methoxy groups -OCH3 is 1. The quantitative estimate of drug-likeness (QED) is 0.237. The Morgan fingerprint density at radius 3 is 2.41 bits per heavy atom. The molecule has 0 aliphatic carbocycles. The third-order valence-corrected chi connectivity index (χ3v) is 5.88. The summed E-state index contributed by atoms with van der Waals surface area (Å²) in [6, 6.07) is 20.6. The van der Waals surface area contributed by atoms with Gasteiger partial charge in [-0.15, -0.1) is 0 Å². The van der Waals surface area contributed by atoms with Crippen LogP contribution in [0.1, 0.15) is 23.0 Å². The van der Waals surface area contributed by atoms with E-state index in [9.17, 15) is 14.7 Å². The number of carbonyl (C=O) groups is 2. The molecule has 37 heavy (non-hydrogen) atoms. The summed E-state index contributed by atoms with van der Waals surface area (Å²) < 4.78 is 12.0. The number of esters is 1. The molecule has 4 aromatic rings. The summed E-state index contributed by atoms with van der Waals surface area (Å²) in [4.78, 5) is 25.6. The van der Waals surface area contributed by atoms with E-state index >= 15 is 0 Å². The summed E-state index contributed by atoms with van der Waals surface area (Å²) in [6.07, 6.45) is 0. The molecule has 0 saturated heterocycles. The second kappa shape index (κ2) is 11.1. The van der Waals surface area contributed by atoms with Crippen LogP contribution in [0.2, 0.25) is 5.15 Å². The van der Waals surface area contributed by atoms with Gasteiger partial charge in [-0.3, -0.25) is 4.57 Å². The highest BCUT2D eigenvalue weighted by Gasteiger charge is 2.24. The first-order valence-electron chi connectivity index (χ1n) is 11.5. The third-order valence-electron chi connectivity index (χ3n) is 5.60. The minimum Gasteiger partial charge on any atom is -0.504 e. The molecule has 0 aliphatic heterocycles. The highest BCUT2D eigenvalue weighted by atomic mass is 35.5. The maximum Gasteiger partial charge on any atom is 0.357 e. The van der Waals surface area contributed by atoms with Gasteiger partial charge in [-0.05, 0) is 55.3 Å². The Hall–Kier alpha value is -4.43. The number of phenols is 1. The van der Waals surface area contributed by atoms with Gasteiger partial charge in [0.15, 0.2) is 17.2 Å². The minimum absolute atomic E-state index is 0.0232. The standard InChI is InChI=1S/C28H26ClN3O5/c1-4-37-27(34)25-22(31-28(35)30-19-8-5-7-17(2)15-19)16-24(29)32(25)20-13-11-18(12-14-20)21-9-6-10-23(36-3)26(21)33/h5-16,33H,4H2,1-3H3,(H2,30,31,35). The Balaban J connectivity index is 1.68. The van der Waals surface area contributed by atoms with Crippen molar-refractivity contribution in [1.82, 2.24) is 4.57 Å². The second-order valence-corrected chi connectivity index (χ2v) is 8.52. The summed E-state index contributed by atoms with van der Waals surface area (Å²) in [5, 5.41) is 16.2. The number of hydrogen-bond acceptors (Lipinski definition) is 5. The van der Waals surface area contributed by atoms with E-state index in [-0.39, 0.29) is 28.9 Å². The van der Waals surface area contributed by atoms with E-state index in [1.165, 1.54) is 17.7 Å². The molecule has 3 aromatic carbocycles. The molecule has 0 fully saturated rings. The predicted molar refractivity (Wildman–Crippen MR) is 144 cm³/mol. The molecule has 3 N–H and O–H groups in total. The number of nitrogens with zero attached hydrogens (tertiary/aromatic N) is 1. The molecule has 1 heterocycles. The van der Waals surface area contributed by atoms with Crippen molar-refractivity contribution in [2.24, 2.45) is 0 Å². The molecule has 1 aromatic heterocycles. The van der Waals surface area contributed by atoms with Crippen molar-refractivity contribution in [2.75, 3.05) is 24.4 Å². The Bertz CT molecular complexity index is 1450. The largest absolute Gasteiger partial charge is 0.504 e. The zero-order valence-corrected chi connectivity index (χ0v) is 21.3. The van der Waals surface area contributed by atoms with Crippen LogP contribution in [0, 0.1) is 6.92 Å². The number of rotatable bonds is 7. The van der Waals surface area contributed by atoms with Gasteiger partial charge < -0.3 is 25.2 Å². The van der Waals surface area contributed by atoms with Gasteiger partial charge in [-0.25, -0.2) is 9.59 Å². The normalized spacial score (nSPS) is 10.6. The van der Waals surface area contributed by atoms with E-state index in [4.69, 9.17) is 21.1 Å². The van der Waals surface area contributed by atoms with Gasteiger partial charge in [0.05, 0.1) is 19.4 Å². The van der Waals surface area contributed by atoms with E-state index in [2.05, 4.69) is 10.6 Å². The summed E-state index contributed by atoms with van der Waals surface area (Å²) in [5.74, 6) is -0.260. The fraction of sp³-hybridized carbons (Fsp3) is 0.143. The number of urea groups is 1. The smallest absolute Gasteiger partial charge is 0.357 e. The average Bonchev–Trinajstić information content (AvgIpc) is 3.19. The molecule has 0 aliphatic rings. The van der Waals surface area contributed by atoms with Crippen molar-refractivity contribution >= 4 is 35.0 Å². The first kappa shape index (κ1) is 25.7. The lowest BCUT2D eigenvalue weighted by Gasteiger charge is -2.14. The van der Waals surface area contributed by atoms with E-state index in [1.807, 2.05) is 25.1 Å². The number of phenolic OH excluding ortho intramolecular Hbond substituents is 1. The molecular weight excluding hydrogens is 494 g/mol. The Morgan fingerprint density at radius 2 is 1.73 bits per heavy atom. The van der Waals surface area contributed by atoms with E-state index in [0.29, 0.717) is 22.7 Å². The van der Waals surface area contributed by atoms with Crippen LogP contribution in [0.15, 0.2) is 72.8 Å².